The highest BCUT2D eigenvalue weighted by Crippen LogP contribution is 2.24. The van der Waals surface area contributed by atoms with Crippen LogP contribution >= 0.6 is 24.0 Å². The molecule has 1 heterocycles. The molecule has 0 saturated carbocycles. The summed E-state index contributed by atoms with van der Waals surface area (Å²) in [5, 5.41) is 6.74. The van der Waals surface area contributed by atoms with Crippen LogP contribution in [0.4, 0.5) is 0 Å². The van der Waals surface area contributed by atoms with Crippen molar-refractivity contribution in [2.24, 2.45) is 0 Å². The van der Waals surface area contributed by atoms with Crippen LogP contribution in [0.5, 0.6) is 5.75 Å². The fourth-order valence-corrected chi connectivity index (χ4v) is 2.25. The second kappa shape index (κ2) is 7.72. The Morgan fingerprint density at radius 2 is 2.25 bits per heavy atom. The summed E-state index contributed by atoms with van der Waals surface area (Å²) in [4.78, 5) is 12.3. The van der Waals surface area contributed by atoms with E-state index in [2.05, 4.69) is 10.6 Å². The van der Waals surface area contributed by atoms with Crippen molar-refractivity contribution in [3.63, 3.8) is 0 Å². The molecular formula is C14H20Cl2N2O2. The van der Waals surface area contributed by atoms with Crippen LogP contribution in [0, 0.1) is 0 Å². The minimum atomic E-state index is -0.133. The second-order valence-corrected chi connectivity index (χ2v) is 5.41. The molecule has 0 aliphatic carbocycles. The molecule has 0 aromatic heterocycles. The summed E-state index contributed by atoms with van der Waals surface area (Å²) < 4.78 is 5.65. The molecule has 0 radical (unpaired) electrons. The van der Waals surface area contributed by atoms with E-state index in [1.165, 1.54) is 0 Å². The molecule has 1 aromatic carbocycles. The monoisotopic (exact) mass is 318 g/mol. The topological polar surface area (TPSA) is 50.4 Å². The lowest BCUT2D eigenvalue weighted by molar-refractivity contribution is 0.0934. The van der Waals surface area contributed by atoms with E-state index in [0.717, 1.165) is 19.5 Å². The van der Waals surface area contributed by atoms with E-state index >= 15 is 0 Å². The average Bonchev–Trinajstić information content (AvgIpc) is 2.83. The van der Waals surface area contributed by atoms with Gasteiger partial charge < -0.3 is 15.4 Å². The zero-order valence-electron chi connectivity index (χ0n) is 11.6. The van der Waals surface area contributed by atoms with Crippen molar-refractivity contribution in [2.75, 3.05) is 13.1 Å². The Hall–Kier alpha value is -0.970. The molecule has 1 amide bonds. The first kappa shape index (κ1) is 17.1. The number of rotatable bonds is 4. The number of ether oxygens (including phenoxy) is 1. The molecule has 1 atom stereocenters. The van der Waals surface area contributed by atoms with E-state index in [4.69, 9.17) is 16.3 Å². The van der Waals surface area contributed by atoms with Gasteiger partial charge in [0.25, 0.3) is 5.91 Å². The Bertz CT molecular complexity index is 460. The molecule has 4 nitrogen and oxygen atoms in total. The second-order valence-electron chi connectivity index (χ2n) is 4.97. The molecule has 1 aliphatic heterocycles. The minimum absolute atomic E-state index is 0. The van der Waals surface area contributed by atoms with Crippen molar-refractivity contribution in [1.29, 1.82) is 0 Å². The molecule has 0 spiro atoms. The molecule has 0 bridgehead atoms. The lowest BCUT2D eigenvalue weighted by Gasteiger charge is -2.16. The summed E-state index contributed by atoms with van der Waals surface area (Å²) in [6, 6.07) is 5.30. The number of carbonyl (C=O) groups excluding carboxylic acids is 1. The third-order valence-electron chi connectivity index (χ3n) is 2.94. The highest BCUT2D eigenvalue weighted by Gasteiger charge is 2.20. The van der Waals surface area contributed by atoms with Gasteiger partial charge in [-0.25, -0.2) is 0 Å². The summed E-state index contributed by atoms with van der Waals surface area (Å²) in [5.74, 6) is 0.440. The van der Waals surface area contributed by atoms with Crippen molar-refractivity contribution >= 4 is 29.9 Å². The number of carbonyl (C=O) groups is 1. The van der Waals surface area contributed by atoms with Crippen LogP contribution in [0.2, 0.25) is 5.02 Å². The molecule has 1 saturated heterocycles. The summed E-state index contributed by atoms with van der Waals surface area (Å²) in [7, 11) is 0. The quantitative estimate of drug-likeness (QED) is 0.897. The zero-order chi connectivity index (χ0) is 13.8. The first-order valence-electron chi connectivity index (χ1n) is 6.54. The molecule has 1 aliphatic rings. The van der Waals surface area contributed by atoms with Gasteiger partial charge in [0.05, 0.1) is 11.7 Å². The largest absolute Gasteiger partial charge is 0.490 e. The Morgan fingerprint density at radius 1 is 1.50 bits per heavy atom. The molecular weight excluding hydrogens is 299 g/mol. The number of nitrogens with one attached hydrogen (secondary N) is 2. The summed E-state index contributed by atoms with van der Waals surface area (Å²) in [5.41, 5.74) is 0.494. The zero-order valence-corrected chi connectivity index (χ0v) is 13.2. The van der Waals surface area contributed by atoms with Crippen molar-refractivity contribution in [1.82, 2.24) is 10.6 Å². The van der Waals surface area contributed by atoms with Gasteiger partial charge in [-0.2, -0.15) is 0 Å². The van der Waals surface area contributed by atoms with Crippen molar-refractivity contribution in [2.45, 2.75) is 32.4 Å². The number of halogens is 2. The van der Waals surface area contributed by atoms with Gasteiger partial charge in [0.2, 0.25) is 0 Å². The summed E-state index contributed by atoms with van der Waals surface area (Å²) >= 11 is 5.97. The number of hydrogen-bond donors (Lipinski definition) is 2. The number of hydrogen-bond acceptors (Lipinski definition) is 3. The number of benzene rings is 1. The third-order valence-corrected chi connectivity index (χ3v) is 3.18. The smallest absolute Gasteiger partial charge is 0.255 e. The molecule has 1 fully saturated rings. The van der Waals surface area contributed by atoms with E-state index in [9.17, 15) is 4.79 Å². The lowest BCUT2D eigenvalue weighted by atomic mass is 10.1. The van der Waals surface area contributed by atoms with Crippen LogP contribution in [0.1, 0.15) is 30.6 Å². The van der Waals surface area contributed by atoms with Gasteiger partial charge in [-0.15, -0.1) is 12.4 Å². The highest BCUT2D eigenvalue weighted by molar-refractivity contribution is 6.31. The van der Waals surface area contributed by atoms with E-state index in [1.807, 2.05) is 13.8 Å². The summed E-state index contributed by atoms with van der Waals surface area (Å²) in [6.07, 6.45) is 0.966. The fraction of sp³-hybridized carbons (Fsp3) is 0.500. The van der Waals surface area contributed by atoms with Gasteiger partial charge in [0.1, 0.15) is 5.75 Å². The van der Waals surface area contributed by atoms with Gasteiger partial charge in [0, 0.05) is 17.6 Å². The highest BCUT2D eigenvalue weighted by atomic mass is 35.5. The first-order valence-corrected chi connectivity index (χ1v) is 6.92. The SMILES string of the molecule is CC(C)Oc1ccc(Cl)cc1C(=O)NC1CCNC1.Cl. The maximum absolute atomic E-state index is 12.3. The van der Waals surface area contributed by atoms with Crippen LogP contribution < -0.4 is 15.4 Å². The van der Waals surface area contributed by atoms with Crippen LogP contribution in [0.3, 0.4) is 0 Å². The Balaban J connectivity index is 0.00000200. The molecule has 6 heteroatoms. The minimum Gasteiger partial charge on any atom is -0.490 e. The molecule has 2 rings (SSSR count). The van der Waals surface area contributed by atoms with Gasteiger partial charge >= 0.3 is 0 Å². The Kier molecular flexibility index (Phi) is 6.59. The van der Waals surface area contributed by atoms with Crippen LogP contribution in [-0.2, 0) is 0 Å². The molecule has 2 N–H and O–H groups in total. The average molecular weight is 319 g/mol. The molecule has 112 valence electrons. The fourth-order valence-electron chi connectivity index (χ4n) is 2.08. The Labute approximate surface area is 130 Å². The molecule has 1 unspecified atom stereocenters. The normalized spacial score (nSPS) is 17.7. The van der Waals surface area contributed by atoms with Gasteiger partial charge in [0.15, 0.2) is 0 Å². The predicted molar refractivity (Wildman–Crippen MR) is 83.2 cm³/mol. The molecule has 20 heavy (non-hydrogen) atoms. The number of amides is 1. The maximum Gasteiger partial charge on any atom is 0.255 e. The van der Waals surface area contributed by atoms with E-state index in [-0.39, 0.29) is 30.5 Å². The van der Waals surface area contributed by atoms with Crippen molar-refractivity contribution in [3.05, 3.63) is 28.8 Å². The Morgan fingerprint density at radius 3 is 2.85 bits per heavy atom. The van der Waals surface area contributed by atoms with E-state index in [1.54, 1.807) is 18.2 Å². The van der Waals surface area contributed by atoms with Gasteiger partial charge in [-0.05, 0) is 45.0 Å². The standard InChI is InChI=1S/C14H19ClN2O2.ClH/c1-9(2)19-13-4-3-10(15)7-12(13)14(18)17-11-5-6-16-8-11;/h3-4,7,9,11,16H,5-6,8H2,1-2H3,(H,17,18);1H. The lowest BCUT2D eigenvalue weighted by Crippen LogP contribution is -2.36. The van der Waals surface area contributed by atoms with E-state index < -0.39 is 0 Å². The van der Waals surface area contributed by atoms with Gasteiger partial charge in [-0.1, -0.05) is 11.6 Å². The van der Waals surface area contributed by atoms with E-state index in [0.29, 0.717) is 16.3 Å². The van der Waals surface area contributed by atoms with Crippen molar-refractivity contribution < 1.29 is 9.53 Å². The first-order chi connectivity index (χ1) is 9.06. The maximum atomic E-state index is 12.3. The third kappa shape index (κ3) is 4.54. The predicted octanol–water partition coefficient (Wildman–Crippen LogP) is 2.64. The summed E-state index contributed by atoms with van der Waals surface area (Å²) in [6.45, 7) is 5.61. The van der Waals surface area contributed by atoms with Gasteiger partial charge in [-0.3, -0.25) is 4.79 Å². The van der Waals surface area contributed by atoms with Crippen LogP contribution in [-0.4, -0.2) is 31.1 Å². The van der Waals surface area contributed by atoms with Crippen molar-refractivity contribution in [3.8, 4) is 5.75 Å². The van der Waals surface area contributed by atoms with Crippen LogP contribution in [0.25, 0.3) is 0 Å². The molecule has 1 aromatic rings. The van der Waals surface area contributed by atoms with Crippen LogP contribution in [0.15, 0.2) is 18.2 Å².